The van der Waals surface area contributed by atoms with Crippen LogP contribution in [-0.4, -0.2) is 44.5 Å². The van der Waals surface area contributed by atoms with Gasteiger partial charge in [0.25, 0.3) is 0 Å². The third-order valence-corrected chi connectivity index (χ3v) is 6.85. The van der Waals surface area contributed by atoms with E-state index in [0.717, 1.165) is 24.4 Å². The van der Waals surface area contributed by atoms with Crippen LogP contribution in [0.3, 0.4) is 0 Å². The van der Waals surface area contributed by atoms with Crippen molar-refractivity contribution < 1.29 is 9.84 Å². The molecule has 5 heteroatoms. The van der Waals surface area contributed by atoms with E-state index >= 15 is 0 Å². The summed E-state index contributed by atoms with van der Waals surface area (Å²) in [5.74, 6) is 1.24. The van der Waals surface area contributed by atoms with Crippen LogP contribution in [0.4, 0.5) is 5.69 Å². The molecule has 32 heavy (non-hydrogen) atoms. The molecule has 1 heterocycles. The zero-order valence-corrected chi connectivity index (χ0v) is 19.4. The minimum Gasteiger partial charge on any atom is -0.495 e. The van der Waals surface area contributed by atoms with Gasteiger partial charge in [0.05, 0.1) is 12.8 Å². The summed E-state index contributed by atoms with van der Waals surface area (Å²) in [6.07, 6.45) is 0.734. The monoisotopic (exact) mass is 450 g/mol. The number of aliphatic hydroxyl groups excluding tert-OH is 1. The van der Waals surface area contributed by atoms with Crippen molar-refractivity contribution in [3.05, 3.63) is 95.0 Å². The standard InChI is InChI=1S/C27H31ClN2O2/c1-30(23-17-22(28)13-14-24(23)32-2)27-21(15-16-31)18-29-26(27)25(19-9-5-3-6-10-19)20-11-7-4-8-12-20/h3-14,17,21,25-27,29,31H,15-16,18H2,1-2H3. The maximum Gasteiger partial charge on any atom is 0.142 e. The highest BCUT2D eigenvalue weighted by molar-refractivity contribution is 6.30. The summed E-state index contributed by atoms with van der Waals surface area (Å²) in [7, 11) is 3.79. The highest BCUT2D eigenvalue weighted by atomic mass is 35.5. The van der Waals surface area contributed by atoms with Gasteiger partial charge in [-0.2, -0.15) is 0 Å². The third kappa shape index (κ3) is 4.63. The van der Waals surface area contributed by atoms with Crippen molar-refractivity contribution in [1.82, 2.24) is 5.32 Å². The van der Waals surface area contributed by atoms with Crippen molar-refractivity contribution in [2.45, 2.75) is 24.4 Å². The Morgan fingerprint density at radius 2 is 1.66 bits per heavy atom. The first-order valence-corrected chi connectivity index (χ1v) is 11.5. The molecule has 3 aromatic carbocycles. The van der Waals surface area contributed by atoms with E-state index in [1.807, 2.05) is 18.2 Å². The minimum atomic E-state index is 0.139. The number of halogens is 1. The summed E-state index contributed by atoms with van der Waals surface area (Å²) in [4.78, 5) is 2.29. The molecule has 0 amide bonds. The Morgan fingerprint density at radius 1 is 1.03 bits per heavy atom. The molecule has 168 valence electrons. The summed E-state index contributed by atoms with van der Waals surface area (Å²) in [6.45, 7) is 1.01. The summed E-state index contributed by atoms with van der Waals surface area (Å²) in [6, 6.07) is 27.4. The Kier molecular flexibility index (Phi) is 7.36. The number of aliphatic hydroxyl groups is 1. The molecular weight excluding hydrogens is 420 g/mol. The van der Waals surface area contributed by atoms with Crippen LogP contribution in [0, 0.1) is 5.92 Å². The van der Waals surface area contributed by atoms with Crippen LogP contribution in [0.2, 0.25) is 5.02 Å². The number of methoxy groups -OCH3 is 1. The first-order chi connectivity index (χ1) is 15.6. The average Bonchev–Trinajstić information content (AvgIpc) is 3.23. The highest BCUT2D eigenvalue weighted by Crippen LogP contribution is 2.40. The molecule has 3 unspecified atom stereocenters. The van der Waals surface area contributed by atoms with Crippen molar-refractivity contribution in [3.63, 3.8) is 0 Å². The summed E-state index contributed by atoms with van der Waals surface area (Å²) >= 11 is 6.37. The van der Waals surface area contributed by atoms with Crippen molar-refractivity contribution in [2.75, 3.05) is 32.2 Å². The molecule has 2 N–H and O–H groups in total. The van der Waals surface area contributed by atoms with E-state index in [1.54, 1.807) is 7.11 Å². The molecular formula is C27H31ClN2O2. The average molecular weight is 451 g/mol. The van der Waals surface area contributed by atoms with E-state index in [9.17, 15) is 5.11 Å². The van der Waals surface area contributed by atoms with E-state index < -0.39 is 0 Å². The maximum atomic E-state index is 9.81. The van der Waals surface area contributed by atoms with Crippen molar-refractivity contribution in [3.8, 4) is 5.75 Å². The second kappa shape index (κ2) is 10.4. The molecule has 4 nitrogen and oxygen atoms in total. The summed E-state index contributed by atoms with van der Waals surface area (Å²) in [5.41, 5.74) is 3.51. The van der Waals surface area contributed by atoms with E-state index in [2.05, 4.69) is 77.9 Å². The van der Waals surface area contributed by atoms with Gasteiger partial charge in [0.15, 0.2) is 0 Å². The Labute approximate surface area is 195 Å². The number of nitrogens with one attached hydrogen (secondary N) is 1. The van der Waals surface area contributed by atoms with E-state index in [-0.39, 0.29) is 30.5 Å². The molecule has 1 aliphatic rings. The number of rotatable bonds is 8. The molecule has 0 spiro atoms. The van der Waals surface area contributed by atoms with Gasteiger partial charge in [-0.3, -0.25) is 0 Å². The van der Waals surface area contributed by atoms with Crippen LogP contribution in [-0.2, 0) is 0 Å². The number of benzene rings is 3. The third-order valence-electron chi connectivity index (χ3n) is 6.61. The maximum absolute atomic E-state index is 9.81. The lowest BCUT2D eigenvalue weighted by atomic mass is 9.79. The molecule has 0 saturated carbocycles. The van der Waals surface area contributed by atoms with Crippen LogP contribution in [0.15, 0.2) is 78.9 Å². The molecule has 1 saturated heterocycles. The normalized spacial score (nSPS) is 20.5. The Morgan fingerprint density at radius 3 is 2.22 bits per heavy atom. The SMILES string of the molecule is COc1ccc(Cl)cc1N(C)C1C(CCO)CNC1C(c1ccccc1)c1ccccc1. The van der Waals surface area contributed by atoms with Gasteiger partial charge in [-0.25, -0.2) is 0 Å². The van der Waals surface area contributed by atoms with E-state index in [4.69, 9.17) is 16.3 Å². The largest absolute Gasteiger partial charge is 0.495 e. The lowest BCUT2D eigenvalue weighted by Crippen LogP contribution is -2.48. The first-order valence-electron chi connectivity index (χ1n) is 11.1. The molecule has 1 fully saturated rings. The predicted molar refractivity (Wildman–Crippen MR) is 132 cm³/mol. The molecule has 4 rings (SSSR count). The zero-order valence-electron chi connectivity index (χ0n) is 18.6. The van der Waals surface area contributed by atoms with Gasteiger partial charge in [-0.1, -0.05) is 72.3 Å². The van der Waals surface area contributed by atoms with Crippen LogP contribution in [0.1, 0.15) is 23.5 Å². The Bertz CT molecular complexity index is 960. The number of anilines is 1. The van der Waals surface area contributed by atoms with E-state index in [1.165, 1.54) is 11.1 Å². The first kappa shape index (κ1) is 22.7. The second-order valence-corrected chi connectivity index (χ2v) is 8.86. The van der Waals surface area contributed by atoms with Gasteiger partial charge < -0.3 is 20.1 Å². The Balaban J connectivity index is 1.79. The lowest BCUT2D eigenvalue weighted by molar-refractivity contribution is 0.251. The van der Waals surface area contributed by atoms with Crippen LogP contribution < -0.4 is 15.0 Å². The van der Waals surface area contributed by atoms with E-state index in [0.29, 0.717) is 5.02 Å². The number of ether oxygens (including phenoxy) is 1. The molecule has 0 bridgehead atoms. The fourth-order valence-corrected chi connectivity index (χ4v) is 5.33. The van der Waals surface area contributed by atoms with Crippen molar-refractivity contribution in [1.29, 1.82) is 0 Å². The number of nitrogens with zero attached hydrogens (tertiary/aromatic N) is 1. The van der Waals surface area contributed by atoms with Gasteiger partial charge in [-0.15, -0.1) is 0 Å². The highest BCUT2D eigenvalue weighted by Gasteiger charge is 2.43. The lowest BCUT2D eigenvalue weighted by Gasteiger charge is -2.39. The van der Waals surface area contributed by atoms with Crippen LogP contribution >= 0.6 is 11.6 Å². The van der Waals surface area contributed by atoms with Crippen LogP contribution in [0.5, 0.6) is 5.75 Å². The minimum absolute atomic E-state index is 0.139. The van der Waals surface area contributed by atoms with Crippen molar-refractivity contribution >= 4 is 17.3 Å². The molecule has 0 aromatic heterocycles. The fourth-order valence-electron chi connectivity index (χ4n) is 5.16. The van der Waals surface area contributed by atoms with Gasteiger partial charge in [-0.05, 0) is 41.7 Å². The molecule has 1 aliphatic heterocycles. The van der Waals surface area contributed by atoms with Gasteiger partial charge in [0.2, 0.25) is 0 Å². The van der Waals surface area contributed by atoms with Gasteiger partial charge in [0, 0.05) is 43.2 Å². The summed E-state index contributed by atoms with van der Waals surface area (Å²) in [5, 5.41) is 14.3. The molecule has 3 atom stereocenters. The molecule has 0 aliphatic carbocycles. The predicted octanol–water partition coefficient (Wildman–Crippen LogP) is 4.96. The molecule has 3 aromatic rings. The topological polar surface area (TPSA) is 44.7 Å². The smallest absolute Gasteiger partial charge is 0.142 e. The number of hydrogen-bond acceptors (Lipinski definition) is 4. The van der Waals surface area contributed by atoms with Gasteiger partial charge in [0.1, 0.15) is 5.75 Å². The Hall–Kier alpha value is -2.53. The van der Waals surface area contributed by atoms with Gasteiger partial charge >= 0.3 is 0 Å². The van der Waals surface area contributed by atoms with Crippen LogP contribution in [0.25, 0.3) is 0 Å². The summed E-state index contributed by atoms with van der Waals surface area (Å²) < 4.78 is 5.67. The fraction of sp³-hybridized carbons (Fsp3) is 0.333. The number of likely N-dealkylation sites (N-methyl/N-ethyl adjacent to an activating group) is 1. The second-order valence-electron chi connectivity index (χ2n) is 8.42. The quantitative estimate of drug-likeness (QED) is 0.509. The molecule has 0 radical (unpaired) electrons. The zero-order chi connectivity index (χ0) is 22.5. The number of hydrogen-bond donors (Lipinski definition) is 2. The van der Waals surface area contributed by atoms with Crippen molar-refractivity contribution in [2.24, 2.45) is 5.92 Å².